The van der Waals surface area contributed by atoms with Gasteiger partial charge in [-0.15, -0.1) is 11.8 Å². The summed E-state index contributed by atoms with van der Waals surface area (Å²) in [5, 5.41) is 5.24. The fourth-order valence-electron chi connectivity index (χ4n) is 2.13. The standard InChI is InChI=1S/C16H14N2O2S/c19-15(17-11-6-2-1-3-7-11)10-14-16(20)18-12-8-4-5-9-13(12)21-14/h1-9,14H,10H2,(H,17,19)(H,18,20)/t14-/m1/s1. The molecule has 0 aromatic heterocycles. The molecule has 0 saturated heterocycles. The summed E-state index contributed by atoms with van der Waals surface area (Å²) in [4.78, 5) is 25.1. The Hall–Kier alpha value is -2.27. The first-order chi connectivity index (χ1) is 10.2. The van der Waals surface area contributed by atoms with Gasteiger partial charge >= 0.3 is 0 Å². The second-order valence-corrected chi connectivity index (χ2v) is 5.95. The van der Waals surface area contributed by atoms with Gasteiger partial charge in [0.15, 0.2) is 0 Å². The number of anilines is 2. The highest BCUT2D eigenvalue weighted by Crippen LogP contribution is 2.36. The first-order valence-corrected chi connectivity index (χ1v) is 7.52. The average molecular weight is 298 g/mol. The molecule has 2 aromatic carbocycles. The molecule has 2 aromatic rings. The Morgan fingerprint density at radius 2 is 1.81 bits per heavy atom. The van der Waals surface area contributed by atoms with E-state index in [2.05, 4.69) is 10.6 Å². The van der Waals surface area contributed by atoms with Gasteiger partial charge in [0, 0.05) is 17.0 Å². The fraction of sp³-hybridized carbons (Fsp3) is 0.125. The van der Waals surface area contributed by atoms with Crippen LogP contribution < -0.4 is 10.6 Å². The summed E-state index contributed by atoms with van der Waals surface area (Å²) in [5.74, 6) is -0.282. The van der Waals surface area contributed by atoms with Crippen LogP contribution in [0, 0.1) is 0 Å². The van der Waals surface area contributed by atoms with Gasteiger partial charge in [0.05, 0.1) is 10.9 Å². The molecule has 21 heavy (non-hydrogen) atoms. The number of thioether (sulfide) groups is 1. The fourth-order valence-corrected chi connectivity index (χ4v) is 3.24. The normalized spacial score (nSPS) is 16.8. The molecule has 1 aliphatic heterocycles. The van der Waals surface area contributed by atoms with Crippen LogP contribution in [-0.2, 0) is 9.59 Å². The lowest BCUT2D eigenvalue weighted by molar-refractivity contribution is -0.120. The summed E-state index contributed by atoms with van der Waals surface area (Å²) < 4.78 is 0. The molecule has 0 aliphatic carbocycles. The van der Waals surface area contributed by atoms with Gasteiger partial charge in [-0.25, -0.2) is 0 Å². The molecular formula is C16H14N2O2S. The molecule has 2 amide bonds. The number of amides is 2. The van der Waals surface area contributed by atoms with Crippen LogP contribution >= 0.6 is 11.8 Å². The van der Waals surface area contributed by atoms with Crippen LogP contribution in [0.15, 0.2) is 59.5 Å². The molecule has 0 saturated carbocycles. The number of rotatable bonds is 3. The van der Waals surface area contributed by atoms with Crippen molar-refractivity contribution in [3.8, 4) is 0 Å². The van der Waals surface area contributed by atoms with Crippen LogP contribution in [0.1, 0.15) is 6.42 Å². The zero-order valence-corrected chi connectivity index (χ0v) is 12.0. The highest BCUT2D eigenvalue weighted by molar-refractivity contribution is 8.01. The lowest BCUT2D eigenvalue weighted by atomic mass is 10.2. The van der Waals surface area contributed by atoms with Crippen molar-refractivity contribution < 1.29 is 9.59 Å². The lowest BCUT2D eigenvalue weighted by Gasteiger charge is -2.23. The Morgan fingerprint density at radius 1 is 1.10 bits per heavy atom. The molecule has 1 heterocycles. The number of benzene rings is 2. The zero-order valence-electron chi connectivity index (χ0n) is 11.2. The van der Waals surface area contributed by atoms with Gasteiger partial charge in [0.25, 0.3) is 0 Å². The van der Waals surface area contributed by atoms with Gasteiger partial charge in [-0.2, -0.15) is 0 Å². The number of hydrogen-bond acceptors (Lipinski definition) is 3. The van der Waals surface area contributed by atoms with E-state index in [1.165, 1.54) is 11.8 Å². The second-order valence-electron chi connectivity index (χ2n) is 4.71. The largest absolute Gasteiger partial charge is 0.326 e. The molecule has 0 bridgehead atoms. The van der Waals surface area contributed by atoms with Crippen LogP contribution in [0.25, 0.3) is 0 Å². The maximum absolute atomic E-state index is 12.0. The Kier molecular flexibility index (Phi) is 3.92. The first-order valence-electron chi connectivity index (χ1n) is 6.64. The van der Waals surface area contributed by atoms with Crippen molar-refractivity contribution in [1.82, 2.24) is 0 Å². The minimum absolute atomic E-state index is 0.123. The molecular weight excluding hydrogens is 284 g/mol. The number of carbonyl (C=O) groups is 2. The number of para-hydroxylation sites is 2. The molecule has 0 unspecified atom stereocenters. The molecule has 106 valence electrons. The van der Waals surface area contributed by atoms with Crippen LogP contribution in [0.4, 0.5) is 11.4 Å². The molecule has 3 rings (SSSR count). The third-order valence-electron chi connectivity index (χ3n) is 3.13. The number of carbonyl (C=O) groups excluding carboxylic acids is 2. The number of nitrogens with one attached hydrogen (secondary N) is 2. The number of hydrogen-bond donors (Lipinski definition) is 2. The van der Waals surface area contributed by atoms with Crippen LogP contribution in [0.5, 0.6) is 0 Å². The predicted octanol–water partition coefficient (Wildman–Crippen LogP) is 3.13. The Morgan fingerprint density at radius 3 is 2.62 bits per heavy atom. The van der Waals surface area contributed by atoms with Crippen molar-refractivity contribution in [3.05, 3.63) is 54.6 Å². The van der Waals surface area contributed by atoms with Gasteiger partial charge < -0.3 is 10.6 Å². The minimum Gasteiger partial charge on any atom is -0.326 e. The summed E-state index contributed by atoms with van der Waals surface area (Å²) in [6, 6.07) is 16.8. The topological polar surface area (TPSA) is 58.2 Å². The molecule has 2 N–H and O–H groups in total. The summed E-state index contributed by atoms with van der Waals surface area (Å²) in [6.07, 6.45) is 0.153. The van der Waals surface area contributed by atoms with E-state index in [1.54, 1.807) is 0 Å². The zero-order chi connectivity index (χ0) is 14.7. The van der Waals surface area contributed by atoms with Crippen LogP contribution in [0.2, 0.25) is 0 Å². The molecule has 5 heteroatoms. The van der Waals surface area contributed by atoms with E-state index in [0.29, 0.717) is 0 Å². The van der Waals surface area contributed by atoms with E-state index < -0.39 is 5.25 Å². The highest BCUT2D eigenvalue weighted by atomic mass is 32.2. The Bertz CT molecular complexity index is 673. The van der Waals surface area contributed by atoms with Gasteiger partial charge in [-0.05, 0) is 24.3 Å². The maximum atomic E-state index is 12.0. The van der Waals surface area contributed by atoms with E-state index in [4.69, 9.17) is 0 Å². The minimum atomic E-state index is -0.399. The van der Waals surface area contributed by atoms with Gasteiger partial charge in [0.2, 0.25) is 11.8 Å². The van der Waals surface area contributed by atoms with Gasteiger partial charge in [-0.1, -0.05) is 30.3 Å². The number of fused-ring (bicyclic) bond motifs is 1. The quantitative estimate of drug-likeness (QED) is 0.915. The summed E-state index contributed by atoms with van der Waals surface area (Å²) in [5.41, 5.74) is 1.55. The highest BCUT2D eigenvalue weighted by Gasteiger charge is 2.28. The molecule has 0 spiro atoms. The monoisotopic (exact) mass is 298 g/mol. The first kappa shape index (κ1) is 13.7. The average Bonchev–Trinajstić information content (AvgIpc) is 2.49. The van der Waals surface area contributed by atoms with E-state index in [9.17, 15) is 9.59 Å². The van der Waals surface area contributed by atoms with Crippen molar-refractivity contribution in [3.63, 3.8) is 0 Å². The Balaban J connectivity index is 1.65. The van der Waals surface area contributed by atoms with Gasteiger partial charge in [0.1, 0.15) is 0 Å². The van der Waals surface area contributed by atoms with Gasteiger partial charge in [-0.3, -0.25) is 9.59 Å². The second kappa shape index (κ2) is 6.01. The lowest BCUT2D eigenvalue weighted by Crippen LogP contribution is -2.32. The molecule has 0 radical (unpaired) electrons. The summed E-state index contributed by atoms with van der Waals surface area (Å²) in [6.45, 7) is 0. The van der Waals surface area contributed by atoms with E-state index >= 15 is 0 Å². The van der Waals surface area contributed by atoms with E-state index in [-0.39, 0.29) is 18.2 Å². The van der Waals surface area contributed by atoms with Crippen LogP contribution in [-0.4, -0.2) is 17.1 Å². The van der Waals surface area contributed by atoms with Crippen molar-refractivity contribution in [2.45, 2.75) is 16.6 Å². The molecule has 4 nitrogen and oxygen atoms in total. The van der Waals surface area contributed by atoms with E-state index in [0.717, 1.165) is 16.3 Å². The van der Waals surface area contributed by atoms with Crippen molar-refractivity contribution in [1.29, 1.82) is 0 Å². The van der Waals surface area contributed by atoms with E-state index in [1.807, 2.05) is 54.6 Å². The third kappa shape index (κ3) is 3.25. The molecule has 1 atom stereocenters. The van der Waals surface area contributed by atoms with Crippen molar-refractivity contribution in [2.75, 3.05) is 10.6 Å². The SMILES string of the molecule is O=C(C[C@H]1Sc2ccccc2NC1=O)Nc1ccccc1. The summed E-state index contributed by atoms with van der Waals surface area (Å²) >= 11 is 1.43. The smallest absolute Gasteiger partial charge is 0.238 e. The predicted molar refractivity (Wildman–Crippen MR) is 84.4 cm³/mol. The maximum Gasteiger partial charge on any atom is 0.238 e. The van der Waals surface area contributed by atoms with Crippen molar-refractivity contribution in [2.24, 2.45) is 0 Å². The molecule has 0 fully saturated rings. The molecule has 1 aliphatic rings. The van der Waals surface area contributed by atoms with Crippen molar-refractivity contribution >= 4 is 35.0 Å². The van der Waals surface area contributed by atoms with Crippen LogP contribution in [0.3, 0.4) is 0 Å². The summed E-state index contributed by atoms with van der Waals surface area (Å²) in [7, 11) is 0. The third-order valence-corrected chi connectivity index (χ3v) is 4.41. The Labute approximate surface area is 126 Å².